The number of hydrogen-bond donors (Lipinski definition) is 2. The molecule has 0 heterocycles. The van der Waals surface area contributed by atoms with E-state index < -0.39 is 0 Å². The Balaban J connectivity index is 2.77. The van der Waals surface area contributed by atoms with E-state index in [4.69, 9.17) is 5.73 Å². The Morgan fingerprint density at radius 1 is 1.33 bits per heavy atom. The lowest BCUT2D eigenvalue weighted by Gasteiger charge is -2.31. The second-order valence-corrected chi connectivity index (χ2v) is 6.76. The maximum absolute atomic E-state index is 5.94. The minimum absolute atomic E-state index is 0.0303. The fraction of sp³-hybridized carbons (Fsp3) is 0.600. The zero-order chi connectivity index (χ0) is 13.8. The Labute approximate surface area is 119 Å². The number of benzene rings is 1. The van der Waals surface area contributed by atoms with Crippen LogP contribution >= 0.6 is 15.9 Å². The third kappa shape index (κ3) is 4.99. The van der Waals surface area contributed by atoms with Gasteiger partial charge in [-0.05, 0) is 56.4 Å². The molecule has 0 bridgehead atoms. The highest BCUT2D eigenvalue weighted by molar-refractivity contribution is 9.10. The predicted molar refractivity (Wildman–Crippen MR) is 84.0 cm³/mol. The van der Waals surface area contributed by atoms with Crippen LogP contribution in [0.15, 0.2) is 22.7 Å². The Morgan fingerprint density at radius 2 is 2.00 bits per heavy atom. The third-order valence-corrected chi connectivity index (χ3v) is 3.67. The molecule has 0 aliphatic carbocycles. The minimum atomic E-state index is -0.0303. The fourth-order valence-corrected chi connectivity index (χ4v) is 2.59. The highest BCUT2D eigenvalue weighted by Crippen LogP contribution is 2.25. The zero-order valence-electron chi connectivity index (χ0n) is 11.9. The lowest BCUT2D eigenvalue weighted by atomic mass is 9.91. The molecule has 3 N–H and O–H groups in total. The lowest BCUT2D eigenvalue weighted by Crippen LogP contribution is -2.42. The van der Waals surface area contributed by atoms with Gasteiger partial charge in [0.05, 0.1) is 0 Å². The van der Waals surface area contributed by atoms with Gasteiger partial charge >= 0.3 is 0 Å². The van der Waals surface area contributed by atoms with Gasteiger partial charge in [0.1, 0.15) is 0 Å². The van der Waals surface area contributed by atoms with E-state index in [1.165, 1.54) is 12.0 Å². The van der Waals surface area contributed by atoms with Crippen LogP contribution in [0.3, 0.4) is 0 Å². The molecule has 2 nitrogen and oxygen atoms in total. The molecule has 0 aliphatic rings. The largest absolute Gasteiger partial charge is 0.379 e. The summed E-state index contributed by atoms with van der Waals surface area (Å²) in [7, 11) is 0. The maximum atomic E-state index is 5.94. The molecule has 1 aromatic carbocycles. The molecule has 1 atom stereocenters. The summed E-state index contributed by atoms with van der Waals surface area (Å²) >= 11 is 3.53. The topological polar surface area (TPSA) is 38.0 Å². The highest BCUT2D eigenvalue weighted by atomic mass is 79.9. The zero-order valence-corrected chi connectivity index (χ0v) is 13.5. The Bertz CT molecular complexity index is 370. The quantitative estimate of drug-likeness (QED) is 0.820. The Kier molecular flexibility index (Phi) is 5.67. The van der Waals surface area contributed by atoms with E-state index in [1.54, 1.807) is 0 Å². The molecule has 0 radical (unpaired) electrons. The Morgan fingerprint density at radius 3 is 2.50 bits per heavy atom. The number of nitrogens with one attached hydrogen (secondary N) is 1. The first-order valence-corrected chi connectivity index (χ1v) is 7.39. The van der Waals surface area contributed by atoms with Crippen molar-refractivity contribution in [3.63, 3.8) is 0 Å². The van der Waals surface area contributed by atoms with Crippen molar-refractivity contribution in [3.8, 4) is 0 Å². The standard InChI is InChI=1S/C15H25BrN2/c1-11(2)5-6-15(4,10-17)18-14-8-12(3)7-13(16)9-14/h7-9,11,18H,5-6,10,17H2,1-4H3. The van der Waals surface area contributed by atoms with Gasteiger partial charge in [-0.3, -0.25) is 0 Å². The molecule has 3 heteroatoms. The number of hydrogen-bond acceptors (Lipinski definition) is 2. The van der Waals surface area contributed by atoms with E-state index in [0.717, 1.165) is 16.6 Å². The molecule has 0 aromatic heterocycles. The third-order valence-electron chi connectivity index (χ3n) is 3.21. The van der Waals surface area contributed by atoms with E-state index in [1.807, 2.05) is 0 Å². The molecule has 1 unspecified atom stereocenters. The summed E-state index contributed by atoms with van der Waals surface area (Å²) in [6.07, 6.45) is 2.28. The molecule has 0 amide bonds. The molecule has 0 aliphatic heterocycles. The van der Waals surface area contributed by atoms with Crippen molar-refractivity contribution in [1.29, 1.82) is 0 Å². The monoisotopic (exact) mass is 312 g/mol. The van der Waals surface area contributed by atoms with Crippen LogP contribution < -0.4 is 11.1 Å². The average molecular weight is 313 g/mol. The van der Waals surface area contributed by atoms with Crippen molar-refractivity contribution < 1.29 is 0 Å². The molecule has 1 aromatic rings. The Hall–Kier alpha value is -0.540. The summed E-state index contributed by atoms with van der Waals surface area (Å²) in [5.74, 6) is 0.710. The first kappa shape index (κ1) is 15.5. The molecule has 1 rings (SSSR count). The van der Waals surface area contributed by atoms with Crippen LogP contribution in [0, 0.1) is 12.8 Å². The molecule has 18 heavy (non-hydrogen) atoms. The van der Waals surface area contributed by atoms with Crippen molar-refractivity contribution in [2.45, 2.75) is 46.1 Å². The second kappa shape index (κ2) is 6.58. The van der Waals surface area contributed by atoms with Crippen molar-refractivity contribution >= 4 is 21.6 Å². The van der Waals surface area contributed by atoms with E-state index in [9.17, 15) is 0 Å². The van der Waals surface area contributed by atoms with E-state index in [0.29, 0.717) is 12.5 Å². The van der Waals surface area contributed by atoms with Crippen molar-refractivity contribution in [1.82, 2.24) is 0 Å². The molecule has 0 saturated carbocycles. The van der Waals surface area contributed by atoms with E-state index in [2.05, 4.69) is 67.1 Å². The number of anilines is 1. The average Bonchev–Trinajstić information content (AvgIpc) is 2.25. The summed E-state index contributed by atoms with van der Waals surface area (Å²) < 4.78 is 1.10. The smallest absolute Gasteiger partial charge is 0.0467 e. The van der Waals surface area contributed by atoms with Gasteiger partial charge in [0, 0.05) is 22.2 Å². The number of halogens is 1. The molecular weight excluding hydrogens is 288 g/mol. The molecule has 0 spiro atoms. The minimum Gasteiger partial charge on any atom is -0.379 e. The van der Waals surface area contributed by atoms with Gasteiger partial charge in [0.15, 0.2) is 0 Å². The van der Waals surface area contributed by atoms with Gasteiger partial charge in [-0.25, -0.2) is 0 Å². The van der Waals surface area contributed by atoms with Crippen LogP contribution in [0.1, 0.15) is 39.2 Å². The van der Waals surface area contributed by atoms with Crippen molar-refractivity contribution in [2.75, 3.05) is 11.9 Å². The first-order chi connectivity index (χ1) is 8.34. The van der Waals surface area contributed by atoms with Gasteiger partial charge < -0.3 is 11.1 Å². The van der Waals surface area contributed by atoms with Gasteiger partial charge in [-0.15, -0.1) is 0 Å². The second-order valence-electron chi connectivity index (χ2n) is 5.84. The first-order valence-electron chi connectivity index (χ1n) is 6.60. The van der Waals surface area contributed by atoms with Crippen molar-refractivity contribution in [3.05, 3.63) is 28.2 Å². The predicted octanol–water partition coefficient (Wildman–Crippen LogP) is 4.32. The SMILES string of the molecule is Cc1cc(Br)cc(NC(C)(CN)CCC(C)C)c1. The number of nitrogens with two attached hydrogens (primary N) is 1. The number of aryl methyl sites for hydroxylation is 1. The normalized spacial score (nSPS) is 14.6. The number of rotatable bonds is 6. The molecule has 0 fully saturated rings. The van der Waals surface area contributed by atoms with E-state index >= 15 is 0 Å². The van der Waals surface area contributed by atoms with Gasteiger partial charge in [0.2, 0.25) is 0 Å². The molecule has 102 valence electrons. The van der Waals surface area contributed by atoms with Crippen LogP contribution in [-0.2, 0) is 0 Å². The van der Waals surface area contributed by atoms with Crippen LogP contribution in [0.4, 0.5) is 5.69 Å². The van der Waals surface area contributed by atoms with Crippen LogP contribution in [-0.4, -0.2) is 12.1 Å². The van der Waals surface area contributed by atoms with Crippen LogP contribution in [0.25, 0.3) is 0 Å². The molecule has 0 saturated heterocycles. The van der Waals surface area contributed by atoms with E-state index in [-0.39, 0.29) is 5.54 Å². The highest BCUT2D eigenvalue weighted by Gasteiger charge is 2.22. The van der Waals surface area contributed by atoms with Gasteiger partial charge in [0.25, 0.3) is 0 Å². The summed E-state index contributed by atoms with van der Waals surface area (Å²) in [6, 6.07) is 6.38. The molecular formula is C15H25BrN2. The van der Waals surface area contributed by atoms with Crippen molar-refractivity contribution in [2.24, 2.45) is 11.7 Å². The van der Waals surface area contributed by atoms with Crippen LogP contribution in [0.2, 0.25) is 0 Å². The lowest BCUT2D eigenvalue weighted by molar-refractivity contribution is 0.420. The summed E-state index contributed by atoms with van der Waals surface area (Å²) in [4.78, 5) is 0. The summed E-state index contributed by atoms with van der Waals surface area (Å²) in [5.41, 5.74) is 8.30. The maximum Gasteiger partial charge on any atom is 0.0467 e. The summed E-state index contributed by atoms with van der Waals surface area (Å²) in [6.45, 7) is 9.45. The summed E-state index contributed by atoms with van der Waals surface area (Å²) in [5, 5.41) is 3.59. The van der Waals surface area contributed by atoms with Crippen LogP contribution in [0.5, 0.6) is 0 Å². The fourth-order valence-electron chi connectivity index (χ4n) is 1.98. The van der Waals surface area contributed by atoms with Gasteiger partial charge in [-0.2, -0.15) is 0 Å². The van der Waals surface area contributed by atoms with Gasteiger partial charge in [-0.1, -0.05) is 29.8 Å².